The summed E-state index contributed by atoms with van der Waals surface area (Å²) in [6, 6.07) is 10.2. The van der Waals surface area contributed by atoms with Crippen molar-refractivity contribution in [3.63, 3.8) is 0 Å². The van der Waals surface area contributed by atoms with Gasteiger partial charge in [0, 0.05) is 22.8 Å². The molecule has 5 rings (SSSR count). The summed E-state index contributed by atoms with van der Waals surface area (Å²) >= 11 is 6.67. The molecular formula is C27H27ClFN7. The average Bonchev–Trinajstić information content (AvgIpc) is 3.60. The highest BCUT2D eigenvalue weighted by atomic mass is 35.5. The van der Waals surface area contributed by atoms with E-state index in [0.29, 0.717) is 50.2 Å². The molecule has 1 aliphatic carbocycles. The van der Waals surface area contributed by atoms with Gasteiger partial charge in [0.25, 0.3) is 0 Å². The summed E-state index contributed by atoms with van der Waals surface area (Å²) in [6.45, 7) is 6.17. The summed E-state index contributed by atoms with van der Waals surface area (Å²) in [7, 11) is 0. The van der Waals surface area contributed by atoms with Crippen LogP contribution in [0.4, 0.5) is 15.8 Å². The Balaban J connectivity index is 1.64. The molecule has 1 unspecified atom stereocenters. The molecular weight excluding hydrogens is 477 g/mol. The van der Waals surface area contributed by atoms with Crippen LogP contribution in [0.15, 0.2) is 48.8 Å². The van der Waals surface area contributed by atoms with Crippen LogP contribution in [0.5, 0.6) is 0 Å². The van der Waals surface area contributed by atoms with Crippen molar-refractivity contribution < 1.29 is 5.76 Å². The van der Waals surface area contributed by atoms with Crippen LogP contribution >= 0.6 is 11.6 Å². The first-order valence-electron chi connectivity index (χ1n) is 12.4. The average molecular weight is 505 g/mol. The summed E-state index contributed by atoms with van der Waals surface area (Å²) in [5, 5.41) is 26.1. The Morgan fingerprint density at radius 1 is 1.31 bits per heavy atom. The van der Waals surface area contributed by atoms with Gasteiger partial charge in [0.1, 0.15) is 17.6 Å². The zero-order valence-electron chi connectivity index (χ0n) is 21.3. The van der Waals surface area contributed by atoms with E-state index >= 15 is 0 Å². The predicted molar refractivity (Wildman–Crippen MR) is 140 cm³/mol. The van der Waals surface area contributed by atoms with Crippen LogP contribution in [-0.4, -0.2) is 25.5 Å². The number of rotatable bonds is 8. The Bertz CT molecular complexity index is 1510. The highest BCUT2D eigenvalue weighted by molar-refractivity contribution is 6.35. The highest BCUT2D eigenvalue weighted by Gasteiger charge is 2.27. The van der Waals surface area contributed by atoms with Crippen LogP contribution in [-0.2, 0) is 0 Å². The van der Waals surface area contributed by atoms with Gasteiger partial charge in [-0.15, -0.1) is 5.10 Å². The van der Waals surface area contributed by atoms with Gasteiger partial charge in [-0.1, -0.05) is 35.9 Å². The summed E-state index contributed by atoms with van der Waals surface area (Å²) < 4.78 is 25.0. The third-order valence-electron chi connectivity index (χ3n) is 6.48. The van der Waals surface area contributed by atoms with Crippen LogP contribution in [0.1, 0.15) is 70.3 Å². The molecule has 36 heavy (non-hydrogen) atoms. The lowest BCUT2D eigenvalue weighted by atomic mass is 9.99. The SMILES string of the molecule is [2H]C(Nc1cc(Cl)c2ncc(C#N)c(NC(C)(C)CC)c2c1)(c1ccc(F)cc1)c1cn(C2CC2)nn1. The van der Waals surface area contributed by atoms with Crippen molar-refractivity contribution in [1.29, 1.82) is 5.26 Å². The number of nitrogens with one attached hydrogen (secondary N) is 2. The molecule has 1 aliphatic rings. The van der Waals surface area contributed by atoms with Crippen molar-refractivity contribution in [3.05, 3.63) is 76.5 Å². The second kappa shape index (κ2) is 9.40. The molecule has 2 N–H and O–H groups in total. The molecule has 2 aromatic carbocycles. The van der Waals surface area contributed by atoms with Crippen LogP contribution in [0, 0.1) is 17.1 Å². The van der Waals surface area contributed by atoms with Gasteiger partial charge in [0.2, 0.25) is 0 Å². The minimum atomic E-state index is -1.59. The number of nitriles is 1. The first kappa shape index (κ1) is 22.7. The van der Waals surface area contributed by atoms with E-state index in [2.05, 4.69) is 52.8 Å². The van der Waals surface area contributed by atoms with Gasteiger partial charge in [-0.2, -0.15) is 5.26 Å². The van der Waals surface area contributed by atoms with E-state index in [1.807, 2.05) is 6.07 Å². The van der Waals surface area contributed by atoms with E-state index in [9.17, 15) is 11.0 Å². The number of hydrogen-bond acceptors (Lipinski definition) is 6. The van der Waals surface area contributed by atoms with Gasteiger partial charge in [-0.25, -0.2) is 9.07 Å². The van der Waals surface area contributed by atoms with E-state index in [4.69, 9.17) is 11.6 Å². The maximum Gasteiger partial charge on any atom is 0.123 e. The topological polar surface area (TPSA) is 91.5 Å². The lowest BCUT2D eigenvalue weighted by Crippen LogP contribution is -2.30. The van der Waals surface area contributed by atoms with Crippen molar-refractivity contribution in [1.82, 2.24) is 20.0 Å². The summed E-state index contributed by atoms with van der Waals surface area (Å²) in [5.74, 6) is -0.397. The second-order valence-electron chi connectivity index (χ2n) is 9.70. The smallest absolute Gasteiger partial charge is 0.123 e. The van der Waals surface area contributed by atoms with Crippen LogP contribution in [0.3, 0.4) is 0 Å². The second-order valence-corrected chi connectivity index (χ2v) is 10.1. The molecule has 4 aromatic rings. The molecule has 0 saturated heterocycles. The standard InChI is InChI=1S/C27H27ClFN7/c1-4-27(2,3)33-24-17(13-30)14-31-26-21(24)11-19(12-22(26)28)32-25(16-5-7-18(29)8-6-16)23-15-36(35-34-23)20-9-10-20/h5-8,11-12,14-15,20,25,32H,4,9-10H2,1-3H3,(H,31,33)/i25D. The number of pyridine rings is 1. The summed E-state index contributed by atoms with van der Waals surface area (Å²) in [5.41, 5.74) is 2.65. The monoisotopic (exact) mass is 504 g/mol. The molecule has 2 heterocycles. The molecule has 0 bridgehead atoms. The van der Waals surface area contributed by atoms with Gasteiger partial charge in [-0.05, 0) is 62.9 Å². The molecule has 0 amide bonds. The lowest BCUT2D eigenvalue weighted by Gasteiger charge is -2.27. The molecule has 1 saturated carbocycles. The quantitative estimate of drug-likeness (QED) is 0.280. The third kappa shape index (κ3) is 4.84. The fourth-order valence-corrected chi connectivity index (χ4v) is 4.20. The molecule has 184 valence electrons. The fourth-order valence-electron chi connectivity index (χ4n) is 3.93. The highest BCUT2D eigenvalue weighted by Crippen LogP contribution is 2.38. The number of benzene rings is 2. The maximum absolute atomic E-state index is 13.8. The van der Waals surface area contributed by atoms with Gasteiger partial charge in [-0.3, -0.25) is 4.98 Å². The molecule has 1 fully saturated rings. The predicted octanol–water partition coefficient (Wildman–Crippen LogP) is 6.63. The van der Waals surface area contributed by atoms with E-state index in [-0.39, 0.29) is 5.54 Å². The van der Waals surface area contributed by atoms with Crippen molar-refractivity contribution in [2.24, 2.45) is 0 Å². The zero-order valence-corrected chi connectivity index (χ0v) is 21.1. The van der Waals surface area contributed by atoms with Gasteiger partial charge in [0.15, 0.2) is 0 Å². The van der Waals surface area contributed by atoms with Crippen molar-refractivity contribution >= 4 is 33.9 Å². The third-order valence-corrected chi connectivity index (χ3v) is 6.77. The molecule has 0 aliphatic heterocycles. The molecule has 0 spiro atoms. The number of anilines is 2. The van der Waals surface area contributed by atoms with Gasteiger partial charge in [0.05, 0.1) is 41.4 Å². The van der Waals surface area contributed by atoms with E-state index < -0.39 is 11.8 Å². The lowest BCUT2D eigenvalue weighted by molar-refractivity contribution is 0.548. The van der Waals surface area contributed by atoms with Gasteiger partial charge < -0.3 is 10.6 Å². The Hall–Kier alpha value is -3.70. The molecule has 1 atom stereocenters. The van der Waals surface area contributed by atoms with E-state index in [1.165, 1.54) is 18.3 Å². The van der Waals surface area contributed by atoms with Crippen LogP contribution < -0.4 is 10.6 Å². The Morgan fingerprint density at radius 2 is 2.06 bits per heavy atom. The summed E-state index contributed by atoms with van der Waals surface area (Å²) in [4.78, 5) is 4.42. The van der Waals surface area contributed by atoms with Crippen molar-refractivity contribution in [2.45, 2.75) is 57.6 Å². The van der Waals surface area contributed by atoms with E-state index in [0.717, 1.165) is 19.3 Å². The van der Waals surface area contributed by atoms with Crippen molar-refractivity contribution in [2.75, 3.05) is 10.6 Å². The molecule has 9 heteroatoms. The largest absolute Gasteiger partial charge is 0.379 e. The Kier molecular flexibility index (Phi) is 5.94. The number of halogens is 2. The number of aromatic nitrogens is 4. The molecule has 0 radical (unpaired) electrons. The number of fused-ring (bicyclic) bond motifs is 1. The molecule has 2 aromatic heterocycles. The normalized spacial score (nSPS) is 15.7. The van der Waals surface area contributed by atoms with Gasteiger partial charge >= 0.3 is 0 Å². The fraction of sp³-hybridized carbons (Fsp3) is 0.333. The zero-order chi connectivity index (χ0) is 26.4. The van der Waals surface area contributed by atoms with Crippen molar-refractivity contribution in [3.8, 4) is 6.07 Å². The first-order chi connectivity index (χ1) is 17.6. The van der Waals surface area contributed by atoms with Crippen LogP contribution in [0.25, 0.3) is 10.9 Å². The Labute approximate surface area is 215 Å². The number of nitrogens with zero attached hydrogens (tertiary/aromatic N) is 5. The minimum absolute atomic E-state index is 0.287. The number of hydrogen-bond donors (Lipinski definition) is 2. The van der Waals surface area contributed by atoms with E-state index in [1.54, 1.807) is 29.1 Å². The first-order valence-corrected chi connectivity index (χ1v) is 12.3. The molecule has 7 nitrogen and oxygen atoms in total. The van der Waals surface area contributed by atoms with Crippen LogP contribution in [0.2, 0.25) is 5.02 Å². The minimum Gasteiger partial charge on any atom is -0.379 e. The summed E-state index contributed by atoms with van der Waals surface area (Å²) in [6.07, 6.45) is 6.14. The Morgan fingerprint density at radius 3 is 2.72 bits per heavy atom. The maximum atomic E-state index is 13.8.